The Morgan fingerprint density at radius 3 is 2.17 bits per heavy atom. The second-order valence-corrected chi connectivity index (χ2v) is 3.08. The number of halogens is 1. The van der Waals surface area contributed by atoms with E-state index in [1.165, 1.54) is 5.57 Å². The number of rotatable bonds is 1. The summed E-state index contributed by atoms with van der Waals surface area (Å²) in [5.74, 6) is 0. The summed E-state index contributed by atoms with van der Waals surface area (Å²) in [7, 11) is 5.46. The van der Waals surface area contributed by atoms with E-state index in [0.717, 1.165) is 0 Å². The van der Waals surface area contributed by atoms with Gasteiger partial charge in [0.1, 0.15) is 0 Å². The van der Waals surface area contributed by atoms with Gasteiger partial charge in [-0.15, -0.1) is 5.57 Å². The van der Waals surface area contributed by atoms with Crippen molar-refractivity contribution in [3.05, 3.63) is 9.78 Å². The monoisotopic (exact) mass is 114 g/mol. The molecule has 0 saturated heterocycles. The van der Waals surface area contributed by atoms with Gasteiger partial charge >= 0.3 is 19.3 Å². The molecule has 0 heterocycles. The molecule has 0 fully saturated rings. The molecule has 0 spiro atoms. The highest BCUT2D eigenvalue weighted by Gasteiger charge is 1.77. The standard InChI is InChI=1S/C4H7.ClH.Mg/c1-4(2)3;;/h1H,2-3H3;1H;/q;;+1/p-1. The van der Waals surface area contributed by atoms with Crippen molar-refractivity contribution in [1.29, 1.82) is 0 Å². The minimum atomic E-state index is -0.323. The molecule has 0 aromatic heterocycles. The van der Waals surface area contributed by atoms with E-state index < -0.39 is 0 Å². The van der Waals surface area contributed by atoms with Crippen LogP contribution in [0.4, 0.5) is 0 Å². The van der Waals surface area contributed by atoms with Crippen LogP contribution in [0.25, 0.3) is 0 Å². The van der Waals surface area contributed by atoms with Crippen LogP contribution in [0, 0.1) is 0 Å². The van der Waals surface area contributed by atoms with Gasteiger partial charge in [-0.25, -0.2) is 0 Å². The molecule has 0 rings (SSSR count). The first kappa shape index (κ1) is 6.80. The van der Waals surface area contributed by atoms with Gasteiger partial charge in [-0.3, -0.25) is 0 Å². The molecule has 0 bridgehead atoms. The van der Waals surface area contributed by atoms with Crippen LogP contribution in [-0.2, 0) is 0 Å². The topological polar surface area (TPSA) is 0 Å². The summed E-state index contributed by atoms with van der Waals surface area (Å²) in [6.07, 6.45) is 0. The van der Waals surface area contributed by atoms with Crippen molar-refractivity contribution >= 4 is 28.3 Å². The van der Waals surface area contributed by atoms with E-state index in [2.05, 4.69) is 18.1 Å². The average molecular weight is 115 g/mol. The molecule has 0 saturated carbocycles. The van der Waals surface area contributed by atoms with Gasteiger partial charge in [0, 0.05) is 0 Å². The van der Waals surface area contributed by atoms with Crippen LogP contribution in [0.1, 0.15) is 13.8 Å². The average Bonchev–Trinajstić information content (AvgIpc) is 1.35. The van der Waals surface area contributed by atoms with Crippen molar-refractivity contribution < 1.29 is 0 Å². The minimum Gasteiger partial charge on any atom is -0.336 e. The molecule has 0 unspecified atom stereocenters. The maximum absolute atomic E-state index is 5.46. The molecule has 0 nitrogen and oxygen atoms in total. The van der Waals surface area contributed by atoms with E-state index in [9.17, 15) is 0 Å². The Bertz CT molecular complexity index is 54.6. The number of allylic oxidation sites excluding steroid dienone is 1. The maximum Gasteiger partial charge on any atom is 0.530 e. The van der Waals surface area contributed by atoms with E-state index in [4.69, 9.17) is 9.07 Å². The lowest BCUT2D eigenvalue weighted by Gasteiger charge is -1.78. The van der Waals surface area contributed by atoms with E-state index in [1.54, 1.807) is 0 Å². The lowest BCUT2D eigenvalue weighted by molar-refractivity contribution is 1.41. The Hall–Kier alpha value is 0.796. The summed E-state index contributed by atoms with van der Waals surface area (Å²) in [6.45, 7) is 4.13. The molecule has 0 amide bonds. The SMILES string of the molecule is CC(C)=[CH][Mg][Cl]. The second kappa shape index (κ2) is 3.97. The van der Waals surface area contributed by atoms with Crippen molar-refractivity contribution in [2.24, 2.45) is 0 Å². The summed E-state index contributed by atoms with van der Waals surface area (Å²) in [4.78, 5) is 0. The molecule has 2 heteroatoms. The fourth-order valence-electron chi connectivity index (χ4n) is 0.154. The van der Waals surface area contributed by atoms with Crippen LogP contribution in [0.3, 0.4) is 0 Å². The van der Waals surface area contributed by atoms with Crippen LogP contribution in [0.2, 0.25) is 0 Å². The zero-order valence-corrected chi connectivity index (χ0v) is 6.33. The van der Waals surface area contributed by atoms with Gasteiger partial charge in [0.05, 0.1) is 0 Å². The summed E-state index contributed by atoms with van der Waals surface area (Å²) in [5.41, 5.74) is 1.34. The third kappa shape index (κ3) is 4.80. The van der Waals surface area contributed by atoms with Crippen LogP contribution in [-0.4, -0.2) is 19.3 Å². The van der Waals surface area contributed by atoms with Crippen molar-refractivity contribution in [2.45, 2.75) is 13.8 Å². The van der Waals surface area contributed by atoms with Crippen molar-refractivity contribution in [3.8, 4) is 0 Å². The van der Waals surface area contributed by atoms with Crippen molar-refractivity contribution in [3.63, 3.8) is 0 Å². The number of hydrogen-bond donors (Lipinski definition) is 0. The van der Waals surface area contributed by atoms with Gasteiger partial charge < -0.3 is 9.07 Å². The van der Waals surface area contributed by atoms with Gasteiger partial charge in [-0.1, -0.05) is 0 Å². The fourth-order valence-corrected chi connectivity index (χ4v) is 1.39. The molecule has 0 aromatic rings. The van der Waals surface area contributed by atoms with Gasteiger partial charge in [-0.05, 0) is 13.8 Å². The summed E-state index contributed by atoms with van der Waals surface area (Å²) < 4.78 is 2.11. The molecule has 0 aliphatic rings. The lowest BCUT2D eigenvalue weighted by atomic mass is 10.4. The largest absolute Gasteiger partial charge is 0.530 e. The molecule has 0 aromatic carbocycles. The first-order valence-corrected chi connectivity index (χ1v) is 4.92. The lowest BCUT2D eigenvalue weighted by Crippen LogP contribution is -1.67. The molecule has 0 radical (unpaired) electrons. The Morgan fingerprint density at radius 2 is 2.17 bits per heavy atom. The van der Waals surface area contributed by atoms with E-state index in [0.29, 0.717) is 0 Å². The second-order valence-electron chi connectivity index (χ2n) is 1.44. The van der Waals surface area contributed by atoms with Crippen LogP contribution in [0.5, 0.6) is 0 Å². The molecule has 0 aliphatic carbocycles. The third-order valence-electron chi connectivity index (χ3n) is 0.485. The predicted molar refractivity (Wildman–Crippen MR) is 31.0 cm³/mol. The summed E-state index contributed by atoms with van der Waals surface area (Å²) >= 11 is -0.323. The van der Waals surface area contributed by atoms with Gasteiger partial charge in [0.15, 0.2) is 0 Å². The van der Waals surface area contributed by atoms with E-state index in [1.807, 2.05) is 0 Å². The first-order valence-electron chi connectivity index (χ1n) is 1.96. The highest BCUT2D eigenvalue weighted by Crippen LogP contribution is 1.85. The van der Waals surface area contributed by atoms with Gasteiger partial charge in [-0.2, -0.15) is 4.21 Å². The Kier molecular flexibility index (Phi) is 4.50. The molecular formula is C4H7ClMg. The molecule has 0 aliphatic heterocycles. The smallest absolute Gasteiger partial charge is 0.336 e. The third-order valence-corrected chi connectivity index (χ3v) is 1.92. The predicted octanol–water partition coefficient (Wildman–Crippen LogP) is 1.77. The van der Waals surface area contributed by atoms with Crippen LogP contribution >= 0.6 is 9.07 Å². The Morgan fingerprint density at radius 1 is 1.67 bits per heavy atom. The van der Waals surface area contributed by atoms with Gasteiger partial charge in [0.2, 0.25) is 0 Å². The zero-order chi connectivity index (χ0) is 4.99. The Labute approximate surface area is 52.1 Å². The molecule has 32 valence electrons. The van der Waals surface area contributed by atoms with Crippen molar-refractivity contribution in [2.75, 3.05) is 0 Å². The fraction of sp³-hybridized carbons (Fsp3) is 0.500. The highest BCUT2D eigenvalue weighted by molar-refractivity contribution is 6.96. The highest BCUT2D eigenvalue weighted by atomic mass is 35.5. The quantitative estimate of drug-likeness (QED) is 0.456. The zero-order valence-electron chi connectivity index (χ0n) is 4.16. The normalized spacial score (nSPS) is 6.50. The summed E-state index contributed by atoms with van der Waals surface area (Å²) in [6, 6.07) is 0. The Balaban J connectivity index is 3.14. The van der Waals surface area contributed by atoms with E-state index in [-0.39, 0.29) is 19.3 Å². The van der Waals surface area contributed by atoms with Crippen LogP contribution in [0.15, 0.2) is 9.78 Å². The molecular weight excluding hydrogens is 108 g/mol. The minimum absolute atomic E-state index is 0.323. The van der Waals surface area contributed by atoms with Crippen molar-refractivity contribution in [1.82, 2.24) is 0 Å². The van der Waals surface area contributed by atoms with E-state index >= 15 is 0 Å². The molecule has 0 N–H and O–H groups in total. The number of hydrogen-bond acceptors (Lipinski definition) is 0. The maximum atomic E-state index is 5.46. The molecule has 6 heavy (non-hydrogen) atoms. The van der Waals surface area contributed by atoms with Crippen LogP contribution < -0.4 is 0 Å². The molecule has 0 atom stereocenters. The first-order chi connectivity index (χ1) is 2.77. The van der Waals surface area contributed by atoms with Gasteiger partial charge in [0.25, 0.3) is 0 Å². The summed E-state index contributed by atoms with van der Waals surface area (Å²) in [5, 5.41) is 0.